The van der Waals surface area contributed by atoms with Gasteiger partial charge < -0.3 is 15.6 Å². The fourth-order valence-electron chi connectivity index (χ4n) is 1.67. The first-order valence-electron chi connectivity index (χ1n) is 4.39. The van der Waals surface area contributed by atoms with E-state index in [1.54, 1.807) is 6.82 Å². The van der Waals surface area contributed by atoms with Crippen LogP contribution in [0.5, 0.6) is 0 Å². The SMILES string of the molecule is CC[C@H]1CNCC1NB(C)O. The van der Waals surface area contributed by atoms with Crippen molar-refractivity contribution in [3.05, 3.63) is 0 Å². The normalized spacial score (nSPS) is 30.8. The summed E-state index contributed by atoms with van der Waals surface area (Å²) in [5.41, 5.74) is 0. The van der Waals surface area contributed by atoms with Crippen molar-refractivity contribution in [2.75, 3.05) is 13.1 Å². The molecule has 1 fully saturated rings. The lowest BCUT2D eigenvalue weighted by atomic mass is 9.85. The van der Waals surface area contributed by atoms with Gasteiger partial charge in [-0.15, -0.1) is 0 Å². The van der Waals surface area contributed by atoms with Crippen molar-refractivity contribution in [2.45, 2.75) is 26.2 Å². The van der Waals surface area contributed by atoms with Crippen LogP contribution in [0.25, 0.3) is 0 Å². The van der Waals surface area contributed by atoms with Crippen LogP contribution < -0.4 is 10.5 Å². The fourth-order valence-corrected chi connectivity index (χ4v) is 1.67. The van der Waals surface area contributed by atoms with Crippen LogP contribution in [-0.4, -0.2) is 31.2 Å². The van der Waals surface area contributed by atoms with E-state index in [0.717, 1.165) is 13.1 Å². The average Bonchev–Trinajstić information content (AvgIpc) is 2.34. The molecule has 3 nitrogen and oxygen atoms in total. The Morgan fingerprint density at radius 1 is 1.64 bits per heavy atom. The van der Waals surface area contributed by atoms with Gasteiger partial charge in [-0.1, -0.05) is 13.3 Å². The highest BCUT2D eigenvalue weighted by molar-refractivity contribution is 6.45. The molecular formula is C7H17BN2O. The van der Waals surface area contributed by atoms with Gasteiger partial charge in [-0.25, -0.2) is 0 Å². The van der Waals surface area contributed by atoms with Crippen molar-refractivity contribution in [1.82, 2.24) is 10.5 Å². The molecule has 4 heteroatoms. The van der Waals surface area contributed by atoms with Crippen molar-refractivity contribution in [3.63, 3.8) is 0 Å². The third-order valence-corrected chi connectivity index (χ3v) is 2.32. The Morgan fingerprint density at radius 3 is 2.91 bits per heavy atom. The maximum Gasteiger partial charge on any atom is 0.373 e. The highest BCUT2D eigenvalue weighted by atomic mass is 16.2. The lowest BCUT2D eigenvalue weighted by molar-refractivity contribution is 0.442. The Bertz CT molecular complexity index is 121. The predicted octanol–water partition coefficient (Wildman–Crippen LogP) is -0.316. The molecule has 1 rings (SSSR count). The van der Waals surface area contributed by atoms with Crippen LogP contribution in [0, 0.1) is 5.92 Å². The summed E-state index contributed by atoms with van der Waals surface area (Å²) in [7, 11) is -0.381. The van der Waals surface area contributed by atoms with Gasteiger partial charge in [0.15, 0.2) is 0 Å². The molecule has 1 aliphatic heterocycles. The molecule has 0 radical (unpaired) electrons. The van der Waals surface area contributed by atoms with E-state index in [-0.39, 0.29) is 7.05 Å². The zero-order valence-corrected chi connectivity index (χ0v) is 7.30. The van der Waals surface area contributed by atoms with Gasteiger partial charge >= 0.3 is 7.05 Å². The molecule has 1 saturated heterocycles. The Morgan fingerprint density at radius 2 is 2.36 bits per heavy atom. The summed E-state index contributed by atoms with van der Waals surface area (Å²) in [6, 6.07) is 0.458. The second-order valence-electron chi connectivity index (χ2n) is 3.28. The molecule has 0 saturated carbocycles. The van der Waals surface area contributed by atoms with Crippen LogP contribution in [0.1, 0.15) is 13.3 Å². The monoisotopic (exact) mass is 156 g/mol. The lowest BCUT2D eigenvalue weighted by Gasteiger charge is -2.18. The Kier molecular flexibility index (Phi) is 3.36. The average molecular weight is 156 g/mol. The van der Waals surface area contributed by atoms with Crippen LogP contribution in [0.15, 0.2) is 0 Å². The molecule has 3 N–H and O–H groups in total. The predicted molar refractivity (Wildman–Crippen MR) is 47.4 cm³/mol. The molecular weight excluding hydrogens is 139 g/mol. The highest BCUT2D eigenvalue weighted by Crippen LogP contribution is 2.12. The lowest BCUT2D eigenvalue weighted by Crippen LogP contribution is -2.44. The first-order valence-corrected chi connectivity index (χ1v) is 4.39. The van der Waals surface area contributed by atoms with Gasteiger partial charge in [0.2, 0.25) is 0 Å². The molecule has 0 aliphatic carbocycles. The molecule has 1 heterocycles. The molecule has 0 aromatic heterocycles. The van der Waals surface area contributed by atoms with E-state index in [1.807, 2.05) is 0 Å². The molecule has 64 valence electrons. The summed E-state index contributed by atoms with van der Waals surface area (Å²) in [4.78, 5) is 0. The van der Waals surface area contributed by atoms with Gasteiger partial charge in [0.1, 0.15) is 0 Å². The molecule has 0 spiro atoms. The van der Waals surface area contributed by atoms with E-state index < -0.39 is 0 Å². The van der Waals surface area contributed by atoms with E-state index in [0.29, 0.717) is 12.0 Å². The van der Waals surface area contributed by atoms with Crippen molar-refractivity contribution < 1.29 is 5.02 Å². The second kappa shape index (κ2) is 4.09. The largest absolute Gasteiger partial charge is 0.437 e. The van der Waals surface area contributed by atoms with E-state index in [4.69, 9.17) is 5.02 Å². The first kappa shape index (κ1) is 9.04. The van der Waals surface area contributed by atoms with E-state index >= 15 is 0 Å². The molecule has 1 aliphatic rings. The summed E-state index contributed by atoms with van der Waals surface area (Å²) >= 11 is 0. The molecule has 11 heavy (non-hydrogen) atoms. The van der Waals surface area contributed by atoms with Crippen LogP contribution in [0.2, 0.25) is 6.82 Å². The minimum Gasteiger partial charge on any atom is -0.437 e. The second-order valence-corrected chi connectivity index (χ2v) is 3.28. The molecule has 2 atom stereocenters. The zero-order chi connectivity index (χ0) is 8.27. The van der Waals surface area contributed by atoms with E-state index in [1.165, 1.54) is 6.42 Å². The maximum atomic E-state index is 9.09. The standard InChI is InChI=1S/C7H17BN2O/c1-3-6-4-9-5-7(6)10-8(2)11/h6-7,9-11H,3-5H2,1-2H3/t6-,7?/m0/s1. The Labute approximate surface area is 68.7 Å². The van der Waals surface area contributed by atoms with E-state index in [2.05, 4.69) is 17.5 Å². The topological polar surface area (TPSA) is 44.3 Å². The van der Waals surface area contributed by atoms with Crippen LogP contribution in [0.4, 0.5) is 0 Å². The molecule has 0 bridgehead atoms. The fraction of sp³-hybridized carbons (Fsp3) is 1.00. The summed E-state index contributed by atoms with van der Waals surface area (Å²) < 4.78 is 0. The van der Waals surface area contributed by atoms with Gasteiger partial charge in [0.05, 0.1) is 0 Å². The molecule has 0 aromatic carbocycles. The number of rotatable bonds is 3. The van der Waals surface area contributed by atoms with Gasteiger partial charge in [-0.2, -0.15) is 0 Å². The molecule has 0 amide bonds. The van der Waals surface area contributed by atoms with Crippen LogP contribution in [0.3, 0.4) is 0 Å². The third kappa shape index (κ3) is 2.47. The minimum absolute atomic E-state index is 0.381. The number of hydrogen-bond acceptors (Lipinski definition) is 3. The smallest absolute Gasteiger partial charge is 0.373 e. The summed E-state index contributed by atoms with van der Waals surface area (Å²) in [5, 5.41) is 15.5. The van der Waals surface area contributed by atoms with Crippen LogP contribution in [-0.2, 0) is 0 Å². The maximum absolute atomic E-state index is 9.09. The highest BCUT2D eigenvalue weighted by Gasteiger charge is 2.26. The Balaban J connectivity index is 2.31. The zero-order valence-electron chi connectivity index (χ0n) is 7.30. The van der Waals surface area contributed by atoms with Crippen molar-refractivity contribution in [3.8, 4) is 0 Å². The van der Waals surface area contributed by atoms with Crippen LogP contribution >= 0.6 is 0 Å². The minimum atomic E-state index is -0.381. The third-order valence-electron chi connectivity index (χ3n) is 2.32. The first-order chi connectivity index (χ1) is 5.24. The van der Waals surface area contributed by atoms with Gasteiger partial charge in [0.25, 0.3) is 0 Å². The van der Waals surface area contributed by atoms with Crippen molar-refractivity contribution >= 4 is 7.05 Å². The van der Waals surface area contributed by atoms with Gasteiger partial charge in [0, 0.05) is 12.6 Å². The van der Waals surface area contributed by atoms with Gasteiger partial charge in [-0.3, -0.25) is 0 Å². The number of hydrogen-bond donors (Lipinski definition) is 3. The Hall–Kier alpha value is -0.0551. The molecule has 0 aromatic rings. The number of nitrogens with one attached hydrogen (secondary N) is 2. The van der Waals surface area contributed by atoms with Crippen molar-refractivity contribution in [1.29, 1.82) is 0 Å². The molecule has 1 unspecified atom stereocenters. The summed E-state index contributed by atoms with van der Waals surface area (Å²) in [5.74, 6) is 0.685. The van der Waals surface area contributed by atoms with Crippen molar-refractivity contribution in [2.24, 2.45) is 5.92 Å². The van der Waals surface area contributed by atoms with E-state index in [9.17, 15) is 0 Å². The summed E-state index contributed by atoms with van der Waals surface area (Å²) in [6.07, 6.45) is 1.18. The summed E-state index contributed by atoms with van der Waals surface area (Å²) in [6.45, 7) is 6.03. The van der Waals surface area contributed by atoms with Gasteiger partial charge in [-0.05, 0) is 19.3 Å². The quantitative estimate of drug-likeness (QED) is 0.491.